The van der Waals surface area contributed by atoms with E-state index in [4.69, 9.17) is 0 Å². The van der Waals surface area contributed by atoms with Crippen molar-refractivity contribution in [1.82, 2.24) is 4.57 Å². The lowest BCUT2D eigenvalue weighted by atomic mass is 9.96. The van der Waals surface area contributed by atoms with Crippen molar-refractivity contribution in [3.8, 4) is 11.1 Å². The van der Waals surface area contributed by atoms with Crippen LogP contribution in [0.4, 0.5) is 0 Å². The van der Waals surface area contributed by atoms with Gasteiger partial charge in [0, 0.05) is 17.1 Å². The third-order valence-electron chi connectivity index (χ3n) is 5.35. The van der Waals surface area contributed by atoms with Crippen LogP contribution in [0.25, 0.3) is 22.0 Å². The fraction of sp³-hybridized carbons (Fsp3) is 0.154. The monoisotopic (exact) mass is 397 g/mol. The average molecular weight is 397 g/mol. The molecule has 0 aliphatic heterocycles. The van der Waals surface area contributed by atoms with Crippen molar-refractivity contribution >= 4 is 22.8 Å². The van der Waals surface area contributed by atoms with Gasteiger partial charge in [-0.25, -0.2) is 0 Å². The van der Waals surface area contributed by atoms with Crippen LogP contribution in [-0.2, 0) is 11.2 Å². The van der Waals surface area contributed by atoms with Gasteiger partial charge >= 0.3 is 5.97 Å². The summed E-state index contributed by atoms with van der Waals surface area (Å²) >= 11 is 0. The maximum absolute atomic E-state index is 13.3. The zero-order chi connectivity index (χ0) is 21.3. The van der Waals surface area contributed by atoms with E-state index in [1.807, 2.05) is 54.6 Å². The summed E-state index contributed by atoms with van der Waals surface area (Å²) in [5, 5.41) is 10.0. The summed E-state index contributed by atoms with van der Waals surface area (Å²) in [5.74, 6) is -0.671. The number of hydrogen-bond acceptors (Lipinski definition) is 2. The molecule has 1 N–H and O–H groups in total. The second-order valence-corrected chi connectivity index (χ2v) is 7.78. The molecule has 30 heavy (non-hydrogen) atoms. The second-order valence-electron chi connectivity index (χ2n) is 7.78. The highest BCUT2D eigenvalue weighted by Crippen LogP contribution is 2.27. The third kappa shape index (κ3) is 3.77. The van der Waals surface area contributed by atoms with Crippen LogP contribution in [0.2, 0.25) is 0 Å². The van der Waals surface area contributed by atoms with E-state index in [0.717, 1.165) is 16.5 Å². The number of rotatable bonds is 5. The van der Waals surface area contributed by atoms with E-state index in [2.05, 4.69) is 26.0 Å². The molecule has 0 fully saturated rings. The van der Waals surface area contributed by atoms with Crippen molar-refractivity contribution in [3.63, 3.8) is 0 Å². The van der Waals surface area contributed by atoms with E-state index in [1.54, 1.807) is 16.8 Å². The predicted octanol–water partition coefficient (Wildman–Crippen LogP) is 5.75. The Morgan fingerprint density at radius 1 is 0.900 bits per heavy atom. The lowest BCUT2D eigenvalue weighted by molar-refractivity contribution is -0.136. The van der Waals surface area contributed by atoms with Gasteiger partial charge in [0.05, 0.1) is 11.9 Å². The normalized spacial score (nSPS) is 11.2. The van der Waals surface area contributed by atoms with Crippen LogP contribution in [0.1, 0.15) is 41.3 Å². The van der Waals surface area contributed by atoms with Gasteiger partial charge in [-0.1, -0.05) is 68.4 Å². The van der Waals surface area contributed by atoms with E-state index in [1.165, 1.54) is 5.56 Å². The van der Waals surface area contributed by atoms with Gasteiger partial charge in [0.1, 0.15) is 0 Å². The van der Waals surface area contributed by atoms with Gasteiger partial charge in [-0.3, -0.25) is 14.2 Å². The summed E-state index contributed by atoms with van der Waals surface area (Å²) in [5.41, 5.74) is 5.20. The minimum Gasteiger partial charge on any atom is -0.481 e. The highest BCUT2D eigenvalue weighted by molar-refractivity contribution is 6.04. The molecule has 3 aromatic carbocycles. The molecule has 0 spiro atoms. The number of nitrogens with zero attached hydrogens (tertiary/aromatic N) is 1. The number of carboxylic acid groups (broad SMARTS) is 1. The summed E-state index contributed by atoms with van der Waals surface area (Å²) in [6.45, 7) is 4.32. The Balaban J connectivity index is 1.76. The smallest absolute Gasteiger partial charge is 0.307 e. The van der Waals surface area contributed by atoms with Crippen LogP contribution < -0.4 is 0 Å². The Kier molecular flexibility index (Phi) is 5.23. The van der Waals surface area contributed by atoms with Crippen molar-refractivity contribution in [1.29, 1.82) is 0 Å². The molecular weight excluding hydrogens is 374 g/mol. The number of para-hydroxylation sites is 1. The molecule has 0 saturated heterocycles. The Morgan fingerprint density at radius 2 is 1.60 bits per heavy atom. The summed E-state index contributed by atoms with van der Waals surface area (Å²) in [7, 11) is 0. The number of hydrogen-bond donors (Lipinski definition) is 1. The Labute approximate surface area is 175 Å². The largest absolute Gasteiger partial charge is 0.481 e. The van der Waals surface area contributed by atoms with E-state index >= 15 is 0 Å². The molecule has 0 radical (unpaired) electrons. The number of carbonyl (C=O) groups is 2. The summed E-state index contributed by atoms with van der Waals surface area (Å²) in [6, 6.07) is 23.3. The maximum Gasteiger partial charge on any atom is 0.307 e. The molecule has 1 heterocycles. The fourth-order valence-corrected chi connectivity index (χ4v) is 3.77. The summed E-state index contributed by atoms with van der Waals surface area (Å²) in [6.07, 6.45) is 1.52. The molecule has 150 valence electrons. The lowest BCUT2D eigenvalue weighted by Gasteiger charge is -2.10. The minimum atomic E-state index is -0.919. The predicted molar refractivity (Wildman–Crippen MR) is 119 cm³/mol. The summed E-state index contributed by atoms with van der Waals surface area (Å²) in [4.78, 5) is 24.6. The zero-order valence-corrected chi connectivity index (χ0v) is 17.0. The molecule has 0 bridgehead atoms. The highest BCUT2D eigenvalue weighted by Gasteiger charge is 2.17. The number of benzene rings is 3. The van der Waals surface area contributed by atoms with Gasteiger partial charge in [0.2, 0.25) is 0 Å². The number of fused-ring (bicyclic) bond motifs is 1. The molecule has 0 saturated carbocycles. The van der Waals surface area contributed by atoms with Gasteiger partial charge in [0.15, 0.2) is 0 Å². The molecule has 1 aromatic heterocycles. The van der Waals surface area contributed by atoms with Crippen LogP contribution in [0.3, 0.4) is 0 Å². The zero-order valence-electron chi connectivity index (χ0n) is 17.0. The van der Waals surface area contributed by atoms with E-state index in [9.17, 15) is 14.7 Å². The SMILES string of the molecule is CC(C)c1cccc(-c2cccc(C(=O)n3cc(CC(=O)O)c4ccccc43)c2)c1. The Hall–Kier alpha value is -3.66. The van der Waals surface area contributed by atoms with Gasteiger partial charge in [-0.2, -0.15) is 0 Å². The van der Waals surface area contributed by atoms with Crippen molar-refractivity contribution < 1.29 is 14.7 Å². The third-order valence-corrected chi connectivity index (χ3v) is 5.35. The topological polar surface area (TPSA) is 59.3 Å². The molecule has 0 aliphatic carbocycles. The minimum absolute atomic E-state index is 0.122. The van der Waals surface area contributed by atoms with Crippen LogP contribution in [0, 0.1) is 0 Å². The van der Waals surface area contributed by atoms with E-state index < -0.39 is 5.97 Å². The van der Waals surface area contributed by atoms with Crippen molar-refractivity contribution in [2.24, 2.45) is 0 Å². The van der Waals surface area contributed by atoms with E-state index in [0.29, 0.717) is 22.6 Å². The maximum atomic E-state index is 13.3. The van der Waals surface area contributed by atoms with Crippen LogP contribution in [0.5, 0.6) is 0 Å². The summed E-state index contributed by atoms with van der Waals surface area (Å²) < 4.78 is 1.55. The van der Waals surface area contributed by atoms with Gasteiger partial charge in [0.25, 0.3) is 5.91 Å². The van der Waals surface area contributed by atoms with Crippen LogP contribution >= 0.6 is 0 Å². The Morgan fingerprint density at radius 3 is 2.33 bits per heavy atom. The molecular formula is C26H23NO3. The number of carbonyl (C=O) groups excluding carboxylic acids is 1. The first-order chi connectivity index (χ1) is 14.4. The number of carboxylic acids is 1. The van der Waals surface area contributed by atoms with E-state index in [-0.39, 0.29) is 12.3 Å². The van der Waals surface area contributed by atoms with Gasteiger partial charge in [-0.05, 0) is 46.4 Å². The first-order valence-corrected chi connectivity index (χ1v) is 10.00. The number of aliphatic carboxylic acids is 1. The van der Waals surface area contributed by atoms with Crippen molar-refractivity contribution in [2.75, 3.05) is 0 Å². The Bertz CT molecular complexity index is 1250. The van der Waals surface area contributed by atoms with Gasteiger partial charge in [-0.15, -0.1) is 0 Å². The average Bonchev–Trinajstić information content (AvgIpc) is 3.11. The van der Waals surface area contributed by atoms with Gasteiger partial charge < -0.3 is 5.11 Å². The molecule has 4 nitrogen and oxygen atoms in total. The van der Waals surface area contributed by atoms with Crippen LogP contribution in [0.15, 0.2) is 79.0 Å². The standard InChI is InChI=1S/C26H23NO3/c1-17(2)18-7-5-8-19(13-18)20-9-6-10-21(14-20)26(30)27-16-22(15-25(28)29)23-11-3-4-12-24(23)27/h3-14,16-17H,15H2,1-2H3,(H,28,29). The molecule has 0 unspecified atom stereocenters. The van der Waals surface area contributed by atoms with Crippen molar-refractivity contribution in [2.45, 2.75) is 26.2 Å². The highest BCUT2D eigenvalue weighted by atomic mass is 16.4. The van der Waals surface area contributed by atoms with Crippen LogP contribution in [-0.4, -0.2) is 21.6 Å². The fourth-order valence-electron chi connectivity index (χ4n) is 3.77. The van der Waals surface area contributed by atoms with Crippen molar-refractivity contribution in [3.05, 3.63) is 95.7 Å². The first kappa shape index (κ1) is 19.6. The molecule has 0 aliphatic rings. The molecule has 4 aromatic rings. The molecule has 4 heteroatoms. The first-order valence-electron chi connectivity index (χ1n) is 10.00. The lowest BCUT2D eigenvalue weighted by Crippen LogP contribution is -2.11. The molecule has 4 rings (SSSR count). The quantitative estimate of drug-likeness (QED) is 0.467. The molecule has 0 atom stereocenters. The molecule has 0 amide bonds. The second kappa shape index (κ2) is 7.99. The number of aromatic nitrogens is 1.